The maximum absolute atomic E-state index is 10.7. The minimum absolute atomic E-state index is 0.276. The number of carboxylic acid groups (broad SMARTS) is 1. The van der Waals surface area contributed by atoms with Gasteiger partial charge in [0.05, 0.1) is 0 Å². The van der Waals surface area contributed by atoms with Gasteiger partial charge in [-0.15, -0.1) is 0 Å². The normalized spacial score (nSPS) is 32.2. The standard InChI is InChI=1S/C19H25NO4/c1-12(24-18(21)22)23-14-6-5-13-10-17-15-4-2-3-7-19(15,8-9-20-17)16(13)11-14/h5-6,11-12,15,17,20H,2-4,7-10H2,1H3,(H,21,22)/t12?,15-,17+,19+/m0/s1. The molecule has 2 fully saturated rings. The van der Waals surface area contributed by atoms with Gasteiger partial charge < -0.3 is 19.9 Å². The number of carbonyl (C=O) groups is 1. The highest BCUT2D eigenvalue weighted by Gasteiger charge is 2.51. The van der Waals surface area contributed by atoms with Crippen LogP contribution >= 0.6 is 0 Å². The molecule has 1 aromatic rings. The molecular formula is C19H25NO4. The Hall–Kier alpha value is -1.75. The maximum Gasteiger partial charge on any atom is 0.508 e. The monoisotopic (exact) mass is 331 g/mol. The second-order valence-electron chi connectivity index (χ2n) is 7.41. The molecule has 24 heavy (non-hydrogen) atoms. The smallest absolute Gasteiger partial charge is 0.455 e. The number of ether oxygens (including phenoxy) is 2. The molecule has 1 saturated carbocycles. The fraction of sp³-hybridized carbons (Fsp3) is 0.632. The molecule has 3 aliphatic rings. The average molecular weight is 331 g/mol. The van der Waals surface area contributed by atoms with Gasteiger partial charge in [0.15, 0.2) is 0 Å². The molecule has 1 unspecified atom stereocenters. The highest BCUT2D eigenvalue weighted by Crippen LogP contribution is 2.54. The fourth-order valence-corrected chi connectivity index (χ4v) is 5.33. The Morgan fingerprint density at radius 2 is 2.25 bits per heavy atom. The number of benzene rings is 1. The molecule has 4 atom stereocenters. The average Bonchev–Trinajstić information content (AvgIpc) is 2.54. The summed E-state index contributed by atoms with van der Waals surface area (Å²) in [7, 11) is 0. The zero-order valence-corrected chi connectivity index (χ0v) is 14.1. The lowest BCUT2D eigenvalue weighted by Gasteiger charge is -2.56. The van der Waals surface area contributed by atoms with E-state index in [1.165, 1.54) is 43.2 Å². The summed E-state index contributed by atoms with van der Waals surface area (Å²) in [6.07, 6.45) is 5.35. The lowest BCUT2D eigenvalue weighted by atomic mass is 9.53. The van der Waals surface area contributed by atoms with E-state index in [-0.39, 0.29) is 5.41 Å². The van der Waals surface area contributed by atoms with Crippen molar-refractivity contribution in [1.82, 2.24) is 5.32 Å². The highest BCUT2D eigenvalue weighted by atomic mass is 16.8. The molecule has 2 N–H and O–H groups in total. The van der Waals surface area contributed by atoms with Crippen molar-refractivity contribution in [3.8, 4) is 5.75 Å². The van der Waals surface area contributed by atoms with Crippen molar-refractivity contribution >= 4 is 6.16 Å². The van der Waals surface area contributed by atoms with Gasteiger partial charge in [-0.1, -0.05) is 18.9 Å². The van der Waals surface area contributed by atoms with Crippen LogP contribution < -0.4 is 10.1 Å². The lowest BCUT2D eigenvalue weighted by molar-refractivity contribution is -0.0408. The van der Waals surface area contributed by atoms with Crippen molar-refractivity contribution in [3.05, 3.63) is 29.3 Å². The summed E-state index contributed by atoms with van der Waals surface area (Å²) < 4.78 is 10.4. The third-order valence-corrected chi connectivity index (χ3v) is 6.19. The first-order valence-corrected chi connectivity index (χ1v) is 9.01. The van der Waals surface area contributed by atoms with Crippen LogP contribution in [-0.2, 0) is 16.6 Å². The SMILES string of the molecule is CC(OC(=O)O)Oc1ccc2c(c1)[C@@]13CCCC[C@H]1[C@@H](C2)NCC3. The van der Waals surface area contributed by atoms with Crippen molar-refractivity contribution in [1.29, 1.82) is 0 Å². The predicted octanol–water partition coefficient (Wildman–Crippen LogP) is 3.45. The quantitative estimate of drug-likeness (QED) is 0.656. The summed E-state index contributed by atoms with van der Waals surface area (Å²) in [5.74, 6) is 1.42. The molecule has 0 aromatic heterocycles. The van der Waals surface area contributed by atoms with Gasteiger partial charge in [0, 0.05) is 18.4 Å². The topological polar surface area (TPSA) is 67.8 Å². The van der Waals surface area contributed by atoms with Gasteiger partial charge in [-0.05, 0) is 61.4 Å². The van der Waals surface area contributed by atoms with E-state index in [1.807, 2.05) is 6.07 Å². The van der Waals surface area contributed by atoms with Gasteiger partial charge in [0.25, 0.3) is 0 Å². The number of nitrogens with one attached hydrogen (secondary N) is 1. The summed E-state index contributed by atoms with van der Waals surface area (Å²) >= 11 is 0. The Morgan fingerprint density at radius 1 is 1.38 bits per heavy atom. The van der Waals surface area contributed by atoms with Crippen LogP contribution in [-0.4, -0.2) is 30.1 Å². The van der Waals surface area contributed by atoms with E-state index >= 15 is 0 Å². The third kappa shape index (κ3) is 2.55. The Kier molecular flexibility index (Phi) is 3.91. The lowest BCUT2D eigenvalue weighted by Crippen LogP contribution is -2.59. The van der Waals surface area contributed by atoms with Crippen LogP contribution in [0.3, 0.4) is 0 Å². The van der Waals surface area contributed by atoms with Gasteiger partial charge in [0.1, 0.15) is 5.75 Å². The number of piperidine rings is 1. The Morgan fingerprint density at radius 3 is 3.08 bits per heavy atom. The minimum Gasteiger partial charge on any atom is -0.455 e. The highest BCUT2D eigenvalue weighted by molar-refractivity contribution is 5.57. The summed E-state index contributed by atoms with van der Waals surface area (Å²) in [5.41, 5.74) is 3.13. The molecule has 5 nitrogen and oxygen atoms in total. The van der Waals surface area contributed by atoms with E-state index in [1.54, 1.807) is 6.92 Å². The number of fused-ring (bicyclic) bond motifs is 1. The molecule has 1 aliphatic heterocycles. The molecular weight excluding hydrogens is 306 g/mol. The van der Waals surface area contributed by atoms with Crippen LogP contribution in [0.25, 0.3) is 0 Å². The van der Waals surface area contributed by atoms with E-state index in [0.29, 0.717) is 11.8 Å². The van der Waals surface area contributed by atoms with Crippen molar-refractivity contribution < 1.29 is 19.4 Å². The van der Waals surface area contributed by atoms with Crippen molar-refractivity contribution in [2.75, 3.05) is 6.54 Å². The van der Waals surface area contributed by atoms with E-state index in [4.69, 9.17) is 9.84 Å². The molecule has 0 amide bonds. The van der Waals surface area contributed by atoms with E-state index in [0.717, 1.165) is 18.9 Å². The van der Waals surface area contributed by atoms with Gasteiger partial charge in [0.2, 0.25) is 6.29 Å². The van der Waals surface area contributed by atoms with Crippen LogP contribution in [0.15, 0.2) is 18.2 Å². The molecule has 2 bridgehead atoms. The van der Waals surface area contributed by atoms with Gasteiger partial charge in [-0.2, -0.15) is 0 Å². The molecule has 1 heterocycles. The van der Waals surface area contributed by atoms with Crippen LogP contribution in [0.5, 0.6) is 5.75 Å². The second-order valence-corrected chi connectivity index (χ2v) is 7.41. The second kappa shape index (κ2) is 5.96. The number of hydrogen-bond acceptors (Lipinski definition) is 4. The molecule has 5 heteroatoms. The Bertz CT molecular complexity index is 642. The fourth-order valence-electron chi connectivity index (χ4n) is 5.33. The first-order chi connectivity index (χ1) is 11.6. The Labute approximate surface area is 142 Å². The number of hydrogen-bond donors (Lipinski definition) is 2. The van der Waals surface area contributed by atoms with Crippen molar-refractivity contribution in [2.45, 2.75) is 63.2 Å². The molecule has 4 rings (SSSR count). The third-order valence-electron chi connectivity index (χ3n) is 6.19. The maximum atomic E-state index is 10.7. The van der Waals surface area contributed by atoms with Crippen LogP contribution in [0.1, 0.15) is 50.2 Å². The molecule has 0 spiro atoms. The molecule has 1 saturated heterocycles. The molecule has 0 radical (unpaired) electrons. The van der Waals surface area contributed by atoms with Gasteiger partial charge in [-0.3, -0.25) is 0 Å². The zero-order chi connectivity index (χ0) is 16.7. The Balaban J connectivity index is 1.66. The van der Waals surface area contributed by atoms with E-state index in [2.05, 4.69) is 22.2 Å². The summed E-state index contributed by atoms with van der Waals surface area (Å²) in [4.78, 5) is 10.7. The van der Waals surface area contributed by atoms with Crippen LogP contribution in [0.4, 0.5) is 4.79 Å². The molecule has 130 valence electrons. The van der Waals surface area contributed by atoms with Gasteiger partial charge in [-0.25, -0.2) is 4.79 Å². The van der Waals surface area contributed by atoms with Crippen molar-refractivity contribution in [3.63, 3.8) is 0 Å². The largest absolute Gasteiger partial charge is 0.508 e. The van der Waals surface area contributed by atoms with E-state index < -0.39 is 12.4 Å². The van der Waals surface area contributed by atoms with Crippen LogP contribution in [0, 0.1) is 5.92 Å². The van der Waals surface area contributed by atoms with E-state index in [9.17, 15) is 4.79 Å². The first-order valence-electron chi connectivity index (χ1n) is 9.01. The molecule has 2 aliphatic carbocycles. The summed E-state index contributed by atoms with van der Waals surface area (Å²) in [6, 6.07) is 6.85. The number of rotatable bonds is 3. The minimum atomic E-state index is -1.31. The summed E-state index contributed by atoms with van der Waals surface area (Å²) in [5, 5.41) is 12.5. The molecule has 1 aromatic carbocycles. The summed E-state index contributed by atoms with van der Waals surface area (Å²) in [6.45, 7) is 2.69. The van der Waals surface area contributed by atoms with Crippen molar-refractivity contribution in [2.24, 2.45) is 5.92 Å². The van der Waals surface area contributed by atoms with Gasteiger partial charge >= 0.3 is 6.16 Å². The first kappa shape index (κ1) is 15.8. The zero-order valence-electron chi connectivity index (χ0n) is 14.1. The van der Waals surface area contributed by atoms with Crippen LogP contribution in [0.2, 0.25) is 0 Å². The predicted molar refractivity (Wildman–Crippen MR) is 89.4 cm³/mol.